The minimum Gasteiger partial charge on any atom is -0.490 e. The van der Waals surface area contributed by atoms with Gasteiger partial charge in [-0.05, 0) is 31.9 Å². The van der Waals surface area contributed by atoms with E-state index >= 15 is 0 Å². The Kier molecular flexibility index (Phi) is 11.5. The van der Waals surface area contributed by atoms with E-state index in [-0.39, 0.29) is 12.1 Å². The number of ether oxygens (including phenoxy) is 2. The molecule has 0 saturated carbocycles. The van der Waals surface area contributed by atoms with Gasteiger partial charge in [-0.15, -0.1) is 0 Å². The first-order valence-electron chi connectivity index (χ1n) is 9.67. The molecule has 0 aliphatic heterocycles. The van der Waals surface area contributed by atoms with Crippen molar-refractivity contribution in [3.63, 3.8) is 0 Å². The molecule has 0 saturated heterocycles. The predicted molar refractivity (Wildman–Crippen MR) is 104 cm³/mol. The van der Waals surface area contributed by atoms with Crippen molar-refractivity contribution in [2.75, 3.05) is 6.61 Å². The molecular weight excluding hydrogens is 312 g/mol. The van der Waals surface area contributed by atoms with Crippen LogP contribution < -0.4 is 4.74 Å². The van der Waals surface area contributed by atoms with Gasteiger partial charge in [0.05, 0.1) is 6.61 Å². The average molecular weight is 347 g/mol. The lowest BCUT2D eigenvalue weighted by atomic mass is 10.0. The molecule has 1 atom stereocenters. The molecule has 0 amide bonds. The molecule has 0 spiro atoms. The second kappa shape index (κ2) is 13.5. The molecule has 1 aromatic carbocycles. The molecule has 140 valence electrons. The fraction of sp³-hybridized carbons (Fsp3) is 0.591. The van der Waals surface area contributed by atoms with E-state index in [0.717, 1.165) is 18.6 Å². The Morgan fingerprint density at radius 3 is 2.28 bits per heavy atom. The lowest BCUT2D eigenvalue weighted by molar-refractivity contribution is -0.139. The number of para-hydroxylation sites is 1. The first kappa shape index (κ1) is 21.3. The lowest BCUT2D eigenvalue weighted by Gasteiger charge is -2.19. The third-order valence-electron chi connectivity index (χ3n) is 4.20. The zero-order chi connectivity index (χ0) is 18.3. The van der Waals surface area contributed by atoms with E-state index in [0.29, 0.717) is 18.6 Å². The number of hydrogen-bond donors (Lipinski definition) is 0. The molecule has 1 unspecified atom stereocenters. The summed E-state index contributed by atoms with van der Waals surface area (Å²) in [6, 6.07) is 9.87. The summed E-state index contributed by atoms with van der Waals surface area (Å²) in [5.74, 6) is 0.552. The van der Waals surface area contributed by atoms with E-state index in [4.69, 9.17) is 9.47 Å². The first-order valence-corrected chi connectivity index (χ1v) is 9.67. The molecular formula is C22H34O3. The molecule has 3 heteroatoms. The van der Waals surface area contributed by atoms with Crippen LogP contribution in [0.1, 0.15) is 71.6 Å². The van der Waals surface area contributed by atoms with Crippen LogP contribution in [0.15, 0.2) is 42.5 Å². The van der Waals surface area contributed by atoms with Crippen molar-refractivity contribution in [3.8, 4) is 5.75 Å². The Morgan fingerprint density at radius 2 is 1.64 bits per heavy atom. The predicted octanol–water partition coefficient (Wildman–Crippen LogP) is 6.08. The molecule has 0 fully saturated rings. The van der Waals surface area contributed by atoms with Crippen LogP contribution in [0, 0.1) is 0 Å². The SMILES string of the molecule is C=C(C)C(=O)OCCC(CCCCCCCCC)Oc1ccccc1. The molecule has 0 aliphatic rings. The van der Waals surface area contributed by atoms with Gasteiger partial charge >= 0.3 is 5.97 Å². The third kappa shape index (κ3) is 10.6. The monoisotopic (exact) mass is 346 g/mol. The van der Waals surface area contributed by atoms with Crippen molar-refractivity contribution in [1.82, 2.24) is 0 Å². The Hall–Kier alpha value is -1.77. The molecule has 0 radical (unpaired) electrons. The van der Waals surface area contributed by atoms with Crippen molar-refractivity contribution >= 4 is 5.97 Å². The number of carbonyl (C=O) groups excluding carboxylic acids is 1. The van der Waals surface area contributed by atoms with Gasteiger partial charge < -0.3 is 9.47 Å². The molecule has 1 rings (SSSR count). The minimum absolute atomic E-state index is 0.0796. The smallest absolute Gasteiger partial charge is 0.333 e. The van der Waals surface area contributed by atoms with Gasteiger partial charge in [-0.25, -0.2) is 4.79 Å². The number of benzene rings is 1. The van der Waals surface area contributed by atoms with Crippen LogP contribution in [-0.4, -0.2) is 18.7 Å². The fourth-order valence-electron chi connectivity index (χ4n) is 2.69. The summed E-state index contributed by atoms with van der Waals surface area (Å²) in [4.78, 5) is 11.5. The van der Waals surface area contributed by atoms with Crippen LogP contribution >= 0.6 is 0 Å². The minimum atomic E-state index is -0.325. The topological polar surface area (TPSA) is 35.5 Å². The van der Waals surface area contributed by atoms with Crippen LogP contribution in [-0.2, 0) is 9.53 Å². The molecule has 1 aromatic rings. The highest BCUT2D eigenvalue weighted by atomic mass is 16.5. The number of hydrogen-bond acceptors (Lipinski definition) is 3. The fourth-order valence-corrected chi connectivity index (χ4v) is 2.69. The maximum Gasteiger partial charge on any atom is 0.333 e. The van der Waals surface area contributed by atoms with E-state index in [1.807, 2.05) is 30.3 Å². The van der Waals surface area contributed by atoms with E-state index in [2.05, 4.69) is 13.5 Å². The molecule has 25 heavy (non-hydrogen) atoms. The van der Waals surface area contributed by atoms with Crippen LogP contribution in [0.3, 0.4) is 0 Å². The Morgan fingerprint density at radius 1 is 1.00 bits per heavy atom. The molecule has 0 heterocycles. The molecule has 0 bridgehead atoms. The molecule has 0 aromatic heterocycles. The van der Waals surface area contributed by atoms with E-state index in [9.17, 15) is 4.79 Å². The highest BCUT2D eigenvalue weighted by Gasteiger charge is 2.12. The summed E-state index contributed by atoms with van der Waals surface area (Å²) < 4.78 is 11.3. The summed E-state index contributed by atoms with van der Waals surface area (Å²) >= 11 is 0. The van der Waals surface area contributed by atoms with Crippen LogP contribution in [0.4, 0.5) is 0 Å². The summed E-state index contributed by atoms with van der Waals surface area (Å²) in [5.41, 5.74) is 0.438. The molecule has 0 N–H and O–H groups in total. The van der Waals surface area contributed by atoms with E-state index in [1.165, 1.54) is 38.5 Å². The van der Waals surface area contributed by atoms with E-state index < -0.39 is 0 Å². The number of carbonyl (C=O) groups is 1. The van der Waals surface area contributed by atoms with Gasteiger partial charge in [0.2, 0.25) is 0 Å². The van der Waals surface area contributed by atoms with Crippen molar-refractivity contribution in [2.24, 2.45) is 0 Å². The lowest BCUT2D eigenvalue weighted by Crippen LogP contribution is -2.20. The van der Waals surface area contributed by atoms with Gasteiger partial charge in [0.25, 0.3) is 0 Å². The summed E-state index contributed by atoms with van der Waals surface area (Å²) in [5, 5.41) is 0. The van der Waals surface area contributed by atoms with Crippen molar-refractivity contribution in [2.45, 2.75) is 77.7 Å². The largest absolute Gasteiger partial charge is 0.490 e. The van der Waals surface area contributed by atoms with E-state index in [1.54, 1.807) is 6.92 Å². The van der Waals surface area contributed by atoms with Crippen LogP contribution in [0.2, 0.25) is 0 Å². The van der Waals surface area contributed by atoms with Gasteiger partial charge in [0.1, 0.15) is 11.9 Å². The highest BCUT2D eigenvalue weighted by Crippen LogP contribution is 2.18. The number of esters is 1. The van der Waals surface area contributed by atoms with Crippen LogP contribution in [0.5, 0.6) is 5.75 Å². The zero-order valence-corrected chi connectivity index (χ0v) is 16.0. The van der Waals surface area contributed by atoms with Gasteiger partial charge in [0, 0.05) is 12.0 Å². The average Bonchev–Trinajstić information content (AvgIpc) is 2.61. The quantitative estimate of drug-likeness (QED) is 0.232. The zero-order valence-electron chi connectivity index (χ0n) is 16.0. The Bertz CT molecular complexity index is 481. The van der Waals surface area contributed by atoms with Crippen molar-refractivity contribution in [1.29, 1.82) is 0 Å². The Labute approximate surface area is 153 Å². The van der Waals surface area contributed by atoms with Gasteiger partial charge in [-0.3, -0.25) is 0 Å². The van der Waals surface area contributed by atoms with Gasteiger partial charge in [-0.2, -0.15) is 0 Å². The van der Waals surface area contributed by atoms with Crippen LogP contribution in [0.25, 0.3) is 0 Å². The second-order valence-electron chi connectivity index (χ2n) is 6.67. The third-order valence-corrected chi connectivity index (χ3v) is 4.20. The number of rotatable bonds is 14. The summed E-state index contributed by atoms with van der Waals surface area (Å²) in [6.07, 6.45) is 10.8. The van der Waals surface area contributed by atoms with Crippen molar-refractivity contribution < 1.29 is 14.3 Å². The van der Waals surface area contributed by atoms with Gasteiger partial charge in [0.15, 0.2) is 0 Å². The number of unbranched alkanes of at least 4 members (excludes halogenated alkanes) is 6. The normalized spacial score (nSPS) is 11.8. The maximum absolute atomic E-state index is 11.5. The van der Waals surface area contributed by atoms with Crippen molar-refractivity contribution in [3.05, 3.63) is 42.5 Å². The first-order chi connectivity index (χ1) is 12.1. The molecule has 3 nitrogen and oxygen atoms in total. The Balaban J connectivity index is 2.34. The molecule has 0 aliphatic carbocycles. The summed E-state index contributed by atoms with van der Waals surface area (Å²) in [6.45, 7) is 7.89. The maximum atomic E-state index is 11.5. The standard InChI is InChI=1S/C22H34O3/c1-4-5-6-7-8-9-11-16-21(17-18-24-22(23)19(2)3)25-20-14-12-10-13-15-20/h10,12-15,21H,2,4-9,11,16-18H2,1,3H3. The summed E-state index contributed by atoms with van der Waals surface area (Å²) in [7, 11) is 0. The van der Waals surface area contributed by atoms with Gasteiger partial charge in [-0.1, -0.05) is 70.2 Å². The second-order valence-corrected chi connectivity index (χ2v) is 6.67. The highest BCUT2D eigenvalue weighted by molar-refractivity contribution is 5.86.